The van der Waals surface area contributed by atoms with E-state index in [0.29, 0.717) is 5.95 Å². The molecular formula is C22H24ClN5. The van der Waals surface area contributed by atoms with Gasteiger partial charge in [-0.1, -0.05) is 23.7 Å². The first-order valence-electron chi connectivity index (χ1n) is 9.70. The van der Waals surface area contributed by atoms with E-state index in [1.807, 2.05) is 24.3 Å². The fourth-order valence-corrected chi connectivity index (χ4v) is 3.62. The molecule has 6 heteroatoms. The van der Waals surface area contributed by atoms with Crippen molar-refractivity contribution in [3.63, 3.8) is 0 Å². The van der Waals surface area contributed by atoms with Crippen molar-refractivity contribution in [1.29, 1.82) is 0 Å². The molecule has 0 saturated carbocycles. The lowest BCUT2D eigenvalue weighted by atomic mass is 10.1. The number of benzene rings is 2. The quantitative estimate of drug-likeness (QED) is 0.582. The second kappa shape index (κ2) is 8.93. The predicted octanol–water partition coefficient (Wildman–Crippen LogP) is 5.13. The standard InChI is InChI=1S/C22H24ClN5/c23-18-5-3-4-17(16-18)10-12-24-22-25-13-11-21(27-22)26-19-6-8-20(9-7-19)28-14-1-2-15-28/h3-9,11,13,16H,1-2,10,12,14-15H2,(H2,24,25,26,27). The predicted molar refractivity (Wildman–Crippen MR) is 117 cm³/mol. The highest BCUT2D eigenvalue weighted by Crippen LogP contribution is 2.23. The molecule has 28 heavy (non-hydrogen) atoms. The summed E-state index contributed by atoms with van der Waals surface area (Å²) in [5.74, 6) is 1.38. The van der Waals surface area contributed by atoms with Gasteiger partial charge in [0.15, 0.2) is 0 Å². The monoisotopic (exact) mass is 393 g/mol. The fraction of sp³-hybridized carbons (Fsp3) is 0.273. The van der Waals surface area contributed by atoms with E-state index in [0.717, 1.165) is 42.6 Å². The largest absolute Gasteiger partial charge is 0.372 e. The first kappa shape index (κ1) is 18.6. The SMILES string of the molecule is Clc1cccc(CCNc2nccc(Nc3ccc(N4CCCC4)cc3)n2)c1. The zero-order valence-corrected chi connectivity index (χ0v) is 16.5. The van der Waals surface area contributed by atoms with Crippen LogP contribution in [-0.2, 0) is 6.42 Å². The van der Waals surface area contributed by atoms with Gasteiger partial charge in [-0.15, -0.1) is 0 Å². The molecular weight excluding hydrogens is 370 g/mol. The van der Waals surface area contributed by atoms with Gasteiger partial charge in [0.05, 0.1) is 0 Å². The molecule has 1 aliphatic heterocycles. The van der Waals surface area contributed by atoms with Gasteiger partial charge in [-0.05, 0) is 67.3 Å². The minimum Gasteiger partial charge on any atom is -0.372 e. The number of nitrogens with zero attached hydrogens (tertiary/aromatic N) is 3. The number of halogens is 1. The van der Waals surface area contributed by atoms with E-state index in [9.17, 15) is 0 Å². The van der Waals surface area contributed by atoms with E-state index < -0.39 is 0 Å². The van der Waals surface area contributed by atoms with Crippen molar-refractivity contribution in [2.45, 2.75) is 19.3 Å². The van der Waals surface area contributed by atoms with Gasteiger partial charge >= 0.3 is 0 Å². The van der Waals surface area contributed by atoms with E-state index in [1.54, 1.807) is 6.20 Å². The molecule has 0 amide bonds. The van der Waals surface area contributed by atoms with Crippen molar-refractivity contribution >= 4 is 34.7 Å². The van der Waals surface area contributed by atoms with Gasteiger partial charge in [0.1, 0.15) is 5.82 Å². The van der Waals surface area contributed by atoms with Crippen LogP contribution in [0, 0.1) is 0 Å². The van der Waals surface area contributed by atoms with E-state index in [-0.39, 0.29) is 0 Å². The van der Waals surface area contributed by atoms with Gasteiger partial charge in [-0.3, -0.25) is 0 Å². The Morgan fingerprint density at radius 3 is 2.61 bits per heavy atom. The molecule has 5 nitrogen and oxygen atoms in total. The molecule has 0 radical (unpaired) electrons. The van der Waals surface area contributed by atoms with Crippen LogP contribution in [0.2, 0.25) is 5.02 Å². The number of nitrogens with one attached hydrogen (secondary N) is 2. The maximum atomic E-state index is 6.03. The number of rotatable bonds is 7. The van der Waals surface area contributed by atoms with E-state index in [4.69, 9.17) is 11.6 Å². The Morgan fingerprint density at radius 1 is 1.00 bits per heavy atom. The summed E-state index contributed by atoms with van der Waals surface area (Å²) in [6.07, 6.45) is 5.19. The van der Waals surface area contributed by atoms with Crippen LogP contribution >= 0.6 is 11.6 Å². The molecule has 1 fully saturated rings. The highest BCUT2D eigenvalue weighted by Gasteiger charge is 2.11. The Bertz CT molecular complexity index is 907. The summed E-state index contributed by atoms with van der Waals surface area (Å²) in [6.45, 7) is 3.06. The van der Waals surface area contributed by atoms with Crippen molar-refractivity contribution in [2.75, 3.05) is 35.2 Å². The van der Waals surface area contributed by atoms with E-state index in [2.05, 4.69) is 55.8 Å². The van der Waals surface area contributed by atoms with Crippen molar-refractivity contribution < 1.29 is 0 Å². The Hall–Kier alpha value is -2.79. The molecule has 3 aromatic rings. The first-order valence-corrected chi connectivity index (χ1v) is 10.1. The van der Waals surface area contributed by atoms with Gasteiger partial charge in [-0.25, -0.2) is 4.98 Å². The Balaban J connectivity index is 1.33. The van der Waals surface area contributed by atoms with Crippen molar-refractivity contribution in [3.8, 4) is 0 Å². The van der Waals surface area contributed by atoms with Crippen molar-refractivity contribution in [1.82, 2.24) is 9.97 Å². The third-order valence-electron chi connectivity index (χ3n) is 4.85. The third kappa shape index (κ3) is 4.93. The lowest BCUT2D eigenvalue weighted by Crippen LogP contribution is -2.17. The van der Waals surface area contributed by atoms with Gasteiger partial charge in [0.25, 0.3) is 0 Å². The molecule has 0 spiro atoms. The molecule has 2 heterocycles. The van der Waals surface area contributed by atoms with Gasteiger partial charge in [0, 0.05) is 42.2 Å². The molecule has 2 N–H and O–H groups in total. The van der Waals surface area contributed by atoms with Gasteiger partial charge in [-0.2, -0.15) is 4.98 Å². The zero-order valence-electron chi connectivity index (χ0n) is 15.7. The van der Waals surface area contributed by atoms with Gasteiger partial charge < -0.3 is 15.5 Å². The second-order valence-corrected chi connectivity index (χ2v) is 7.37. The summed E-state index contributed by atoms with van der Waals surface area (Å²) >= 11 is 6.03. The highest BCUT2D eigenvalue weighted by molar-refractivity contribution is 6.30. The topological polar surface area (TPSA) is 53.1 Å². The molecule has 0 aliphatic carbocycles. The average Bonchev–Trinajstić information content (AvgIpc) is 3.24. The summed E-state index contributed by atoms with van der Waals surface area (Å²) in [6, 6.07) is 18.3. The minimum atomic E-state index is 0.612. The second-order valence-electron chi connectivity index (χ2n) is 6.94. The third-order valence-corrected chi connectivity index (χ3v) is 5.09. The first-order chi connectivity index (χ1) is 13.8. The number of anilines is 4. The zero-order chi connectivity index (χ0) is 19.2. The van der Waals surface area contributed by atoms with E-state index in [1.165, 1.54) is 24.1 Å². The van der Waals surface area contributed by atoms with E-state index >= 15 is 0 Å². The summed E-state index contributed by atoms with van der Waals surface area (Å²) in [5, 5.41) is 7.38. The Kier molecular flexibility index (Phi) is 5.92. The molecule has 0 atom stereocenters. The number of hydrogen-bond acceptors (Lipinski definition) is 5. The number of aromatic nitrogens is 2. The average molecular weight is 394 g/mol. The summed E-state index contributed by atoms with van der Waals surface area (Å²) < 4.78 is 0. The summed E-state index contributed by atoms with van der Waals surface area (Å²) in [5.41, 5.74) is 3.49. The molecule has 1 aliphatic rings. The van der Waals surface area contributed by atoms with Crippen LogP contribution < -0.4 is 15.5 Å². The molecule has 1 aromatic heterocycles. The maximum Gasteiger partial charge on any atom is 0.224 e. The Morgan fingerprint density at radius 2 is 1.82 bits per heavy atom. The highest BCUT2D eigenvalue weighted by atomic mass is 35.5. The molecule has 4 rings (SSSR count). The van der Waals surface area contributed by atoms with Crippen molar-refractivity contribution in [3.05, 3.63) is 71.4 Å². The minimum absolute atomic E-state index is 0.612. The fourth-order valence-electron chi connectivity index (χ4n) is 3.40. The van der Waals surface area contributed by atoms with Crippen LogP contribution in [0.15, 0.2) is 60.8 Å². The molecule has 0 unspecified atom stereocenters. The molecule has 144 valence electrons. The van der Waals surface area contributed by atoms with Crippen molar-refractivity contribution in [2.24, 2.45) is 0 Å². The van der Waals surface area contributed by atoms with Crippen LogP contribution in [-0.4, -0.2) is 29.6 Å². The molecule has 1 saturated heterocycles. The lowest BCUT2D eigenvalue weighted by molar-refractivity contribution is 0.949. The summed E-state index contributed by atoms with van der Waals surface area (Å²) in [4.78, 5) is 11.3. The molecule has 0 bridgehead atoms. The van der Waals surface area contributed by atoms with Crippen LogP contribution in [0.1, 0.15) is 18.4 Å². The van der Waals surface area contributed by atoms with Crippen LogP contribution in [0.25, 0.3) is 0 Å². The normalized spacial score (nSPS) is 13.5. The molecule has 2 aromatic carbocycles. The van der Waals surface area contributed by atoms with Crippen LogP contribution in [0.4, 0.5) is 23.1 Å². The maximum absolute atomic E-state index is 6.03. The van der Waals surface area contributed by atoms with Gasteiger partial charge in [0.2, 0.25) is 5.95 Å². The number of hydrogen-bond donors (Lipinski definition) is 2. The lowest BCUT2D eigenvalue weighted by Gasteiger charge is -2.18. The Labute approximate surface area is 170 Å². The van der Waals surface area contributed by atoms with Crippen LogP contribution in [0.5, 0.6) is 0 Å². The summed E-state index contributed by atoms with van der Waals surface area (Å²) in [7, 11) is 0. The smallest absolute Gasteiger partial charge is 0.224 e. The van der Waals surface area contributed by atoms with Crippen LogP contribution in [0.3, 0.4) is 0 Å².